The summed E-state index contributed by atoms with van der Waals surface area (Å²) in [5.41, 5.74) is -0.208. The number of amides is 1. The van der Waals surface area contributed by atoms with Gasteiger partial charge in [0.1, 0.15) is 10.8 Å². The van der Waals surface area contributed by atoms with Crippen molar-refractivity contribution in [1.82, 2.24) is 4.90 Å². The van der Waals surface area contributed by atoms with E-state index in [4.69, 9.17) is 16.3 Å². The lowest BCUT2D eigenvalue weighted by Crippen LogP contribution is -2.39. The number of halogens is 3. The summed E-state index contributed by atoms with van der Waals surface area (Å²) < 4.78 is 32.2. The fourth-order valence-electron chi connectivity index (χ4n) is 2.04. The molecule has 1 fully saturated rings. The second-order valence-corrected chi connectivity index (χ2v) is 4.85. The molecular formula is C13H14ClF2NO2. The summed E-state index contributed by atoms with van der Waals surface area (Å²) in [6, 6.07) is 2.06. The number of ether oxygens (including phenoxy) is 1. The lowest BCUT2D eigenvalue weighted by molar-refractivity contribution is 0.0682. The van der Waals surface area contributed by atoms with E-state index in [2.05, 4.69) is 0 Å². The van der Waals surface area contributed by atoms with Crippen molar-refractivity contribution in [2.75, 3.05) is 19.8 Å². The summed E-state index contributed by atoms with van der Waals surface area (Å²) in [6.07, 6.45) is 0.683. The maximum Gasteiger partial charge on any atom is 0.257 e. The third kappa shape index (κ3) is 2.87. The van der Waals surface area contributed by atoms with Crippen molar-refractivity contribution in [1.29, 1.82) is 0 Å². The Kier molecular flexibility index (Phi) is 4.37. The molecule has 1 aromatic carbocycles. The van der Waals surface area contributed by atoms with Gasteiger partial charge in [-0.3, -0.25) is 4.79 Å². The van der Waals surface area contributed by atoms with Crippen LogP contribution in [0.15, 0.2) is 12.1 Å². The van der Waals surface area contributed by atoms with Gasteiger partial charge < -0.3 is 9.64 Å². The van der Waals surface area contributed by atoms with Crippen molar-refractivity contribution in [3.8, 4) is 0 Å². The summed E-state index contributed by atoms with van der Waals surface area (Å²) >= 11 is 5.49. The molecule has 1 aromatic rings. The lowest BCUT2D eigenvalue weighted by Gasteiger charge is -2.26. The van der Waals surface area contributed by atoms with E-state index in [-0.39, 0.29) is 11.6 Å². The molecule has 0 radical (unpaired) electrons. The van der Waals surface area contributed by atoms with Gasteiger partial charge in [-0.2, -0.15) is 0 Å². The van der Waals surface area contributed by atoms with E-state index in [1.807, 2.05) is 6.92 Å². The van der Waals surface area contributed by atoms with Crippen molar-refractivity contribution >= 4 is 17.5 Å². The minimum atomic E-state index is -1.01. The van der Waals surface area contributed by atoms with Crippen LogP contribution in [0, 0.1) is 11.6 Å². The molecule has 0 bridgehead atoms. The fourth-order valence-corrected chi connectivity index (χ4v) is 2.21. The van der Waals surface area contributed by atoms with Gasteiger partial charge in [-0.25, -0.2) is 8.78 Å². The Morgan fingerprint density at radius 3 is 2.89 bits per heavy atom. The quantitative estimate of drug-likeness (QED) is 0.744. The molecule has 1 amide bonds. The fraction of sp³-hybridized carbons (Fsp3) is 0.462. The molecule has 2 rings (SSSR count). The number of nitrogens with zero attached hydrogens (tertiary/aromatic N) is 1. The van der Waals surface area contributed by atoms with Crippen LogP contribution in [-0.2, 0) is 4.74 Å². The van der Waals surface area contributed by atoms with Gasteiger partial charge in [0.2, 0.25) is 0 Å². The van der Waals surface area contributed by atoms with Crippen molar-refractivity contribution in [2.24, 2.45) is 0 Å². The lowest BCUT2D eigenvalue weighted by atomic mass is 10.1. The molecule has 0 N–H and O–H groups in total. The highest BCUT2D eigenvalue weighted by atomic mass is 35.5. The monoisotopic (exact) mass is 289 g/mol. The topological polar surface area (TPSA) is 29.5 Å². The molecule has 19 heavy (non-hydrogen) atoms. The van der Waals surface area contributed by atoms with E-state index in [1.54, 1.807) is 0 Å². The molecule has 104 valence electrons. The van der Waals surface area contributed by atoms with Crippen LogP contribution < -0.4 is 0 Å². The van der Waals surface area contributed by atoms with Crippen LogP contribution in [0.5, 0.6) is 0 Å². The number of carbonyl (C=O) groups is 1. The highest BCUT2D eigenvalue weighted by Gasteiger charge is 2.26. The summed E-state index contributed by atoms with van der Waals surface area (Å²) in [5.74, 6) is -2.37. The first-order valence-corrected chi connectivity index (χ1v) is 6.42. The minimum absolute atomic E-state index is 0.0572. The normalized spacial score (nSPS) is 20.2. The molecule has 1 unspecified atom stereocenters. The largest absolute Gasteiger partial charge is 0.380 e. The summed E-state index contributed by atoms with van der Waals surface area (Å²) in [5, 5.41) is -0.649. The summed E-state index contributed by atoms with van der Waals surface area (Å²) in [7, 11) is 0. The number of rotatable bonds is 1. The van der Waals surface area contributed by atoms with Gasteiger partial charge in [-0.15, -0.1) is 0 Å². The average Bonchev–Trinajstić information content (AvgIpc) is 2.60. The van der Waals surface area contributed by atoms with E-state index in [1.165, 1.54) is 4.90 Å². The molecule has 3 nitrogen and oxygen atoms in total. The van der Waals surface area contributed by atoms with Gasteiger partial charge in [0.15, 0.2) is 5.82 Å². The van der Waals surface area contributed by atoms with E-state index in [9.17, 15) is 13.6 Å². The van der Waals surface area contributed by atoms with Crippen LogP contribution in [-0.4, -0.2) is 36.6 Å². The zero-order chi connectivity index (χ0) is 14.0. The van der Waals surface area contributed by atoms with Crippen LogP contribution in [0.3, 0.4) is 0 Å². The van der Waals surface area contributed by atoms with E-state index < -0.39 is 22.6 Å². The zero-order valence-electron chi connectivity index (χ0n) is 10.5. The Balaban J connectivity index is 2.30. The number of hydrogen-bond acceptors (Lipinski definition) is 2. The van der Waals surface area contributed by atoms with Gasteiger partial charge in [0.05, 0.1) is 12.2 Å². The molecule has 1 aliphatic heterocycles. The number of benzene rings is 1. The zero-order valence-corrected chi connectivity index (χ0v) is 11.2. The maximum atomic E-state index is 13.8. The average molecular weight is 290 g/mol. The van der Waals surface area contributed by atoms with Crippen LogP contribution in [0.4, 0.5) is 8.78 Å². The SMILES string of the molecule is CC1CCOCCN1C(=O)c1ccc(F)c(Cl)c1F. The highest BCUT2D eigenvalue weighted by molar-refractivity contribution is 6.31. The molecule has 0 aliphatic carbocycles. The first-order chi connectivity index (χ1) is 9.02. The van der Waals surface area contributed by atoms with Crippen LogP contribution in [0.25, 0.3) is 0 Å². The van der Waals surface area contributed by atoms with Crippen molar-refractivity contribution < 1.29 is 18.3 Å². The first kappa shape index (κ1) is 14.2. The van der Waals surface area contributed by atoms with Crippen molar-refractivity contribution in [2.45, 2.75) is 19.4 Å². The summed E-state index contributed by atoms with van der Waals surface area (Å²) in [4.78, 5) is 13.8. The Bertz CT molecular complexity index is 496. The summed E-state index contributed by atoms with van der Waals surface area (Å²) in [6.45, 7) is 3.23. The standard InChI is InChI=1S/C13H14ClF2NO2/c1-8-4-6-19-7-5-17(8)13(18)9-2-3-10(15)11(14)12(9)16/h2-3,8H,4-7H2,1H3. The van der Waals surface area contributed by atoms with E-state index >= 15 is 0 Å². The Morgan fingerprint density at radius 2 is 2.16 bits per heavy atom. The van der Waals surface area contributed by atoms with Crippen LogP contribution >= 0.6 is 11.6 Å². The highest BCUT2D eigenvalue weighted by Crippen LogP contribution is 2.24. The maximum absolute atomic E-state index is 13.8. The molecule has 1 heterocycles. The predicted octanol–water partition coefficient (Wildman–Crippen LogP) is 2.87. The Morgan fingerprint density at radius 1 is 1.42 bits per heavy atom. The molecule has 1 atom stereocenters. The van der Waals surface area contributed by atoms with Crippen molar-refractivity contribution in [3.63, 3.8) is 0 Å². The van der Waals surface area contributed by atoms with Crippen molar-refractivity contribution in [3.05, 3.63) is 34.4 Å². The molecule has 0 saturated carbocycles. The second-order valence-electron chi connectivity index (χ2n) is 4.47. The molecule has 0 spiro atoms. The number of hydrogen-bond donors (Lipinski definition) is 0. The van der Waals surface area contributed by atoms with Gasteiger partial charge in [0.25, 0.3) is 5.91 Å². The van der Waals surface area contributed by atoms with Gasteiger partial charge in [-0.05, 0) is 25.5 Å². The van der Waals surface area contributed by atoms with Crippen LogP contribution in [0.2, 0.25) is 5.02 Å². The predicted molar refractivity (Wildman–Crippen MR) is 67.3 cm³/mol. The molecule has 1 aliphatic rings. The van der Waals surface area contributed by atoms with E-state index in [0.29, 0.717) is 26.2 Å². The smallest absolute Gasteiger partial charge is 0.257 e. The molecule has 6 heteroatoms. The van der Waals surface area contributed by atoms with Crippen LogP contribution in [0.1, 0.15) is 23.7 Å². The second kappa shape index (κ2) is 5.84. The minimum Gasteiger partial charge on any atom is -0.380 e. The van der Waals surface area contributed by atoms with Gasteiger partial charge in [-0.1, -0.05) is 11.6 Å². The Labute approximate surface area is 115 Å². The molecule has 0 aromatic heterocycles. The third-order valence-electron chi connectivity index (χ3n) is 3.22. The third-order valence-corrected chi connectivity index (χ3v) is 3.56. The first-order valence-electron chi connectivity index (χ1n) is 6.04. The van der Waals surface area contributed by atoms with Gasteiger partial charge >= 0.3 is 0 Å². The number of carbonyl (C=O) groups excluding carboxylic acids is 1. The molecular weight excluding hydrogens is 276 g/mol. The molecule has 1 saturated heterocycles. The van der Waals surface area contributed by atoms with Gasteiger partial charge in [0, 0.05) is 19.2 Å². The Hall–Kier alpha value is -1.20. The van der Waals surface area contributed by atoms with E-state index in [0.717, 1.165) is 12.1 Å².